The average molecular weight is 300 g/mol. The smallest absolute Gasteiger partial charge is 0.222 e. The van der Waals surface area contributed by atoms with Gasteiger partial charge in [0.2, 0.25) is 5.79 Å². The number of hydrogen-bond donors (Lipinski definition) is 0. The first-order chi connectivity index (χ1) is 10.8. The Balaban J connectivity index is 2.02. The minimum Gasteiger partial charge on any atom is -0.497 e. The van der Waals surface area contributed by atoms with E-state index in [0.29, 0.717) is 13.2 Å². The number of ether oxygens (including phenoxy) is 4. The van der Waals surface area contributed by atoms with Crippen LogP contribution in [-0.4, -0.2) is 27.4 Å². The van der Waals surface area contributed by atoms with Crippen LogP contribution in [0.4, 0.5) is 0 Å². The van der Waals surface area contributed by atoms with Crippen molar-refractivity contribution in [2.45, 2.75) is 12.2 Å². The fourth-order valence-corrected chi connectivity index (χ4v) is 2.65. The van der Waals surface area contributed by atoms with E-state index in [9.17, 15) is 0 Å². The van der Waals surface area contributed by atoms with E-state index in [4.69, 9.17) is 18.9 Å². The zero-order valence-electron chi connectivity index (χ0n) is 12.9. The van der Waals surface area contributed by atoms with Crippen LogP contribution in [0.1, 0.15) is 17.5 Å². The summed E-state index contributed by atoms with van der Waals surface area (Å²) in [5.41, 5.74) is 1.91. The third-order valence-electron chi connectivity index (χ3n) is 3.84. The van der Waals surface area contributed by atoms with E-state index in [1.807, 2.05) is 48.5 Å². The Bertz CT molecular complexity index is 548. The molecule has 0 aliphatic carbocycles. The van der Waals surface area contributed by atoms with Gasteiger partial charge in [0.25, 0.3) is 0 Å². The van der Waals surface area contributed by atoms with E-state index in [1.54, 1.807) is 14.2 Å². The van der Waals surface area contributed by atoms with Gasteiger partial charge in [-0.15, -0.1) is 0 Å². The molecule has 116 valence electrons. The monoisotopic (exact) mass is 300 g/mol. The number of hydrogen-bond acceptors (Lipinski definition) is 4. The van der Waals surface area contributed by atoms with Crippen LogP contribution in [0.5, 0.6) is 11.5 Å². The Hall–Kier alpha value is -2.04. The molecule has 0 saturated carbocycles. The summed E-state index contributed by atoms with van der Waals surface area (Å²) in [5.74, 6) is 0.755. The molecule has 3 rings (SSSR count). The van der Waals surface area contributed by atoms with E-state index in [-0.39, 0.29) is 0 Å². The zero-order valence-corrected chi connectivity index (χ0v) is 12.9. The number of methoxy groups -OCH3 is 2. The molecule has 0 spiro atoms. The molecule has 1 heterocycles. The predicted molar refractivity (Wildman–Crippen MR) is 83.3 cm³/mol. The molecule has 0 radical (unpaired) electrons. The van der Waals surface area contributed by atoms with Crippen molar-refractivity contribution < 1.29 is 18.9 Å². The topological polar surface area (TPSA) is 36.9 Å². The zero-order chi connectivity index (χ0) is 15.4. The summed E-state index contributed by atoms with van der Waals surface area (Å²) < 4.78 is 22.6. The highest BCUT2D eigenvalue weighted by Crippen LogP contribution is 2.38. The molecule has 4 nitrogen and oxygen atoms in total. The molecule has 0 aromatic heterocycles. The highest BCUT2D eigenvalue weighted by molar-refractivity contribution is 5.39. The molecule has 1 aliphatic heterocycles. The van der Waals surface area contributed by atoms with E-state index < -0.39 is 5.79 Å². The lowest BCUT2D eigenvalue weighted by molar-refractivity contribution is -0.249. The summed E-state index contributed by atoms with van der Waals surface area (Å²) in [6, 6.07) is 15.6. The summed E-state index contributed by atoms with van der Waals surface area (Å²) in [6.45, 7) is 1.33. The maximum atomic E-state index is 6.08. The van der Waals surface area contributed by atoms with Crippen LogP contribution < -0.4 is 9.47 Å². The van der Waals surface area contributed by atoms with Crippen LogP contribution in [0.2, 0.25) is 0 Å². The van der Waals surface area contributed by atoms with Gasteiger partial charge in [0.1, 0.15) is 11.5 Å². The second-order valence-corrected chi connectivity index (χ2v) is 5.12. The number of benzene rings is 2. The molecule has 0 amide bonds. The lowest BCUT2D eigenvalue weighted by atomic mass is 9.96. The van der Waals surface area contributed by atoms with Gasteiger partial charge in [-0.1, -0.05) is 0 Å². The largest absolute Gasteiger partial charge is 0.497 e. The van der Waals surface area contributed by atoms with Crippen molar-refractivity contribution >= 4 is 0 Å². The van der Waals surface area contributed by atoms with Crippen LogP contribution in [0.25, 0.3) is 0 Å². The van der Waals surface area contributed by atoms with E-state index >= 15 is 0 Å². The van der Waals surface area contributed by atoms with Crippen LogP contribution >= 0.6 is 0 Å². The van der Waals surface area contributed by atoms with Crippen LogP contribution in [0.3, 0.4) is 0 Å². The molecule has 0 N–H and O–H groups in total. The van der Waals surface area contributed by atoms with Gasteiger partial charge in [0, 0.05) is 11.1 Å². The van der Waals surface area contributed by atoms with Gasteiger partial charge in [0.05, 0.1) is 27.4 Å². The summed E-state index contributed by atoms with van der Waals surface area (Å²) in [4.78, 5) is 0. The van der Waals surface area contributed by atoms with Gasteiger partial charge in [0.15, 0.2) is 0 Å². The highest BCUT2D eigenvalue weighted by Gasteiger charge is 2.38. The van der Waals surface area contributed by atoms with Crippen LogP contribution in [0.15, 0.2) is 48.5 Å². The minimum absolute atomic E-state index is 0.665. The lowest BCUT2D eigenvalue weighted by Crippen LogP contribution is -2.39. The normalized spacial score (nSPS) is 17.0. The number of rotatable bonds is 4. The minimum atomic E-state index is -0.864. The van der Waals surface area contributed by atoms with Crippen molar-refractivity contribution in [3.8, 4) is 11.5 Å². The highest BCUT2D eigenvalue weighted by atomic mass is 16.7. The summed E-state index contributed by atoms with van der Waals surface area (Å²) in [7, 11) is 3.31. The average Bonchev–Trinajstić information content (AvgIpc) is 2.62. The molecule has 0 atom stereocenters. The van der Waals surface area contributed by atoms with Gasteiger partial charge in [-0.3, -0.25) is 0 Å². The fourth-order valence-electron chi connectivity index (χ4n) is 2.65. The SMILES string of the molecule is COc1ccc(C2(c3ccc(OC)cc3)OCCCO2)cc1. The van der Waals surface area contributed by atoms with Crippen molar-refractivity contribution in [2.24, 2.45) is 0 Å². The summed E-state index contributed by atoms with van der Waals surface area (Å²) >= 11 is 0. The molecular formula is C18H20O4. The predicted octanol–water partition coefficient (Wildman–Crippen LogP) is 3.34. The third kappa shape index (κ3) is 2.67. The first-order valence-electron chi connectivity index (χ1n) is 7.35. The van der Waals surface area contributed by atoms with Crippen LogP contribution in [0, 0.1) is 0 Å². The molecular weight excluding hydrogens is 280 g/mol. The Labute approximate surface area is 130 Å². The second kappa shape index (κ2) is 6.38. The van der Waals surface area contributed by atoms with Crippen molar-refractivity contribution in [3.63, 3.8) is 0 Å². The van der Waals surface area contributed by atoms with Crippen molar-refractivity contribution in [2.75, 3.05) is 27.4 Å². The Morgan fingerprint density at radius 1 is 0.727 bits per heavy atom. The first-order valence-corrected chi connectivity index (χ1v) is 7.35. The Morgan fingerprint density at radius 2 is 1.14 bits per heavy atom. The molecule has 0 bridgehead atoms. The molecule has 22 heavy (non-hydrogen) atoms. The Kier molecular flexibility index (Phi) is 4.32. The summed E-state index contributed by atoms with van der Waals surface area (Å²) in [6.07, 6.45) is 0.897. The maximum absolute atomic E-state index is 6.08. The van der Waals surface area contributed by atoms with Gasteiger partial charge < -0.3 is 18.9 Å². The van der Waals surface area contributed by atoms with Crippen molar-refractivity contribution in [1.82, 2.24) is 0 Å². The quantitative estimate of drug-likeness (QED) is 0.868. The molecule has 1 aliphatic rings. The first kappa shape index (κ1) is 14.9. The van der Waals surface area contributed by atoms with E-state index in [2.05, 4.69) is 0 Å². The molecule has 4 heteroatoms. The van der Waals surface area contributed by atoms with Crippen molar-refractivity contribution in [3.05, 3.63) is 59.7 Å². The summed E-state index contributed by atoms with van der Waals surface area (Å²) in [5, 5.41) is 0. The molecule has 0 unspecified atom stereocenters. The van der Waals surface area contributed by atoms with E-state index in [1.165, 1.54) is 0 Å². The lowest BCUT2D eigenvalue weighted by Gasteiger charge is -2.38. The second-order valence-electron chi connectivity index (χ2n) is 5.12. The van der Waals surface area contributed by atoms with Gasteiger partial charge >= 0.3 is 0 Å². The molecule has 2 aromatic carbocycles. The third-order valence-corrected chi connectivity index (χ3v) is 3.84. The van der Waals surface area contributed by atoms with Crippen molar-refractivity contribution in [1.29, 1.82) is 0 Å². The molecule has 1 fully saturated rings. The van der Waals surface area contributed by atoms with Gasteiger partial charge in [-0.2, -0.15) is 0 Å². The van der Waals surface area contributed by atoms with Gasteiger partial charge in [-0.25, -0.2) is 0 Å². The molecule has 2 aromatic rings. The fraction of sp³-hybridized carbons (Fsp3) is 0.333. The van der Waals surface area contributed by atoms with E-state index in [0.717, 1.165) is 29.0 Å². The Morgan fingerprint density at radius 3 is 1.50 bits per heavy atom. The maximum Gasteiger partial charge on any atom is 0.222 e. The van der Waals surface area contributed by atoms with Crippen LogP contribution in [-0.2, 0) is 15.3 Å². The standard InChI is InChI=1S/C18H20O4/c1-19-16-8-4-14(5-9-16)18(21-12-3-13-22-18)15-6-10-17(20-2)11-7-15/h4-11H,3,12-13H2,1-2H3. The van der Waals surface area contributed by atoms with Gasteiger partial charge in [-0.05, 0) is 55.0 Å². The molecule has 1 saturated heterocycles.